The first-order valence-electron chi connectivity index (χ1n) is 3.61. The highest BCUT2D eigenvalue weighted by molar-refractivity contribution is 8.08. The lowest BCUT2D eigenvalue weighted by molar-refractivity contribution is -0.144. The van der Waals surface area contributed by atoms with Gasteiger partial charge in [0.1, 0.15) is 4.75 Å². The van der Waals surface area contributed by atoms with Gasteiger partial charge in [0.25, 0.3) is 0 Å². The second-order valence-electron chi connectivity index (χ2n) is 2.73. The van der Waals surface area contributed by atoms with Crippen LogP contribution in [0.15, 0.2) is 0 Å². The summed E-state index contributed by atoms with van der Waals surface area (Å²) in [7, 11) is 0. The van der Waals surface area contributed by atoms with Crippen LogP contribution in [0.1, 0.15) is 13.3 Å². The lowest BCUT2D eigenvalue weighted by Crippen LogP contribution is -2.22. The maximum Gasteiger partial charge on any atom is 0.322 e. The Kier molecular flexibility index (Phi) is 3.13. The molecule has 0 radical (unpaired) electrons. The Bertz CT molecular complexity index is 155. The van der Waals surface area contributed by atoms with Crippen molar-refractivity contribution in [2.24, 2.45) is 0 Å². The van der Waals surface area contributed by atoms with Gasteiger partial charge in [-0.25, -0.2) is 0 Å². The van der Waals surface area contributed by atoms with Crippen LogP contribution in [0, 0.1) is 0 Å². The van der Waals surface area contributed by atoms with Gasteiger partial charge in [-0.15, -0.1) is 11.8 Å². The van der Waals surface area contributed by atoms with Crippen LogP contribution in [0.4, 0.5) is 0 Å². The molecular weight excluding hydrogens is 180 g/mol. The van der Waals surface area contributed by atoms with Crippen molar-refractivity contribution >= 4 is 30.4 Å². The molecule has 64 valence electrons. The van der Waals surface area contributed by atoms with Crippen LogP contribution in [0.3, 0.4) is 0 Å². The number of hydrogen-bond donors (Lipinski definition) is 1. The highest BCUT2D eigenvalue weighted by atomic mass is 32.2. The van der Waals surface area contributed by atoms with Gasteiger partial charge in [-0.05, 0) is 19.1 Å². The zero-order valence-electron chi connectivity index (χ0n) is 6.50. The van der Waals surface area contributed by atoms with Crippen LogP contribution in [-0.2, 0) is 9.53 Å². The number of esters is 1. The molecule has 0 N–H and O–H groups in total. The van der Waals surface area contributed by atoms with E-state index in [1.54, 1.807) is 11.8 Å². The standard InChI is InChI=1S/C7H12O2S2/c1-7(5-11-7)6(8)9-3-2-4-10/h10H,2-5H2,1H3. The molecule has 0 aromatic rings. The average Bonchev–Trinajstić information content (AvgIpc) is 2.70. The molecule has 0 spiro atoms. The Labute approximate surface area is 76.5 Å². The van der Waals surface area contributed by atoms with Crippen LogP contribution >= 0.6 is 24.4 Å². The molecule has 2 nitrogen and oxygen atoms in total. The Morgan fingerprint density at radius 2 is 2.45 bits per heavy atom. The lowest BCUT2D eigenvalue weighted by atomic mass is 10.2. The second kappa shape index (κ2) is 3.72. The van der Waals surface area contributed by atoms with Gasteiger partial charge in [-0.3, -0.25) is 4.79 Å². The molecule has 1 aliphatic heterocycles. The molecule has 0 aromatic carbocycles. The summed E-state index contributed by atoms with van der Waals surface area (Å²) in [4.78, 5) is 11.1. The molecule has 0 aliphatic carbocycles. The predicted molar refractivity (Wildman–Crippen MR) is 50.3 cm³/mol. The molecule has 4 heteroatoms. The van der Waals surface area contributed by atoms with E-state index in [-0.39, 0.29) is 10.7 Å². The molecule has 0 amide bonds. The van der Waals surface area contributed by atoms with Crippen molar-refractivity contribution in [3.8, 4) is 0 Å². The maximum absolute atomic E-state index is 11.1. The maximum atomic E-state index is 11.1. The van der Waals surface area contributed by atoms with E-state index in [2.05, 4.69) is 12.6 Å². The van der Waals surface area contributed by atoms with Gasteiger partial charge in [-0.1, -0.05) is 0 Å². The third-order valence-corrected chi connectivity index (χ3v) is 3.18. The van der Waals surface area contributed by atoms with Gasteiger partial charge < -0.3 is 4.74 Å². The highest BCUT2D eigenvalue weighted by Gasteiger charge is 2.47. The molecule has 1 atom stereocenters. The zero-order chi connectivity index (χ0) is 8.32. The molecule has 1 rings (SSSR count). The van der Waals surface area contributed by atoms with Crippen LogP contribution in [0.2, 0.25) is 0 Å². The summed E-state index contributed by atoms with van der Waals surface area (Å²) in [6.45, 7) is 2.43. The largest absolute Gasteiger partial charge is 0.465 e. The van der Waals surface area contributed by atoms with Crippen LogP contribution in [0.5, 0.6) is 0 Å². The fraction of sp³-hybridized carbons (Fsp3) is 0.857. The third kappa shape index (κ3) is 2.60. The first-order valence-corrected chi connectivity index (χ1v) is 5.23. The molecule has 1 heterocycles. The Balaban J connectivity index is 2.12. The molecule has 0 saturated carbocycles. The van der Waals surface area contributed by atoms with E-state index in [9.17, 15) is 4.79 Å². The molecule has 11 heavy (non-hydrogen) atoms. The fourth-order valence-corrected chi connectivity index (χ4v) is 1.25. The Morgan fingerprint density at radius 3 is 2.91 bits per heavy atom. The van der Waals surface area contributed by atoms with Gasteiger partial charge in [-0.2, -0.15) is 12.6 Å². The summed E-state index contributed by atoms with van der Waals surface area (Å²) < 4.78 is 4.79. The summed E-state index contributed by atoms with van der Waals surface area (Å²) in [5, 5.41) is 0. The third-order valence-electron chi connectivity index (χ3n) is 1.54. The molecular formula is C7H12O2S2. The second-order valence-corrected chi connectivity index (χ2v) is 4.66. The van der Waals surface area contributed by atoms with E-state index in [1.807, 2.05) is 6.92 Å². The van der Waals surface area contributed by atoms with Crippen molar-refractivity contribution < 1.29 is 9.53 Å². The summed E-state index contributed by atoms with van der Waals surface area (Å²) >= 11 is 5.66. The van der Waals surface area contributed by atoms with Crippen LogP contribution in [-0.4, -0.2) is 28.8 Å². The van der Waals surface area contributed by atoms with Crippen molar-refractivity contribution in [2.45, 2.75) is 18.1 Å². The van der Waals surface area contributed by atoms with Gasteiger partial charge in [0, 0.05) is 5.75 Å². The van der Waals surface area contributed by atoms with E-state index < -0.39 is 0 Å². The monoisotopic (exact) mass is 192 g/mol. The van der Waals surface area contributed by atoms with Gasteiger partial charge in [0.05, 0.1) is 6.61 Å². The molecule has 1 aliphatic rings. The molecule has 1 fully saturated rings. The van der Waals surface area contributed by atoms with E-state index in [4.69, 9.17) is 4.74 Å². The normalized spacial score (nSPS) is 28.2. The summed E-state index contributed by atoms with van der Waals surface area (Å²) in [5.74, 6) is 1.62. The number of rotatable bonds is 4. The number of thioether (sulfide) groups is 1. The Hall–Kier alpha value is 0.170. The first-order chi connectivity index (χ1) is 5.19. The molecule has 0 bridgehead atoms. The molecule has 1 unspecified atom stereocenters. The quantitative estimate of drug-likeness (QED) is 0.315. The van der Waals surface area contributed by atoms with E-state index in [0.717, 1.165) is 17.9 Å². The number of hydrogen-bond acceptors (Lipinski definition) is 4. The average molecular weight is 192 g/mol. The minimum Gasteiger partial charge on any atom is -0.465 e. The Morgan fingerprint density at radius 1 is 1.82 bits per heavy atom. The zero-order valence-corrected chi connectivity index (χ0v) is 8.21. The molecule has 1 saturated heterocycles. The number of carbonyl (C=O) groups excluding carboxylic acids is 1. The summed E-state index contributed by atoms with van der Waals surface area (Å²) in [6.07, 6.45) is 0.843. The van der Waals surface area contributed by atoms with E-state index >= 15 is 0 Å². The summed E-state index contributed by atoms with van der Waals surface area (Å²) in [5.41, 5.74) is 0. The highest BCUT2D eigenvalue weighted by Crippen LogP contribution is 2.44. The lowest BCUT2D eigenvalue weighted by Gasteiger charge is -2.06. The van der Waals surface area contributed by atoms with Crippen molar-refractivity contribution in [1.29, 1.82) is 0 Å². The number of thiol groups is 1. The molecule has 0 aromatic heterocycles. The minimum atomic E-state index is -0.212. The topological polar surface area (TPSA) is 26.3 Å². The van der Waals surface area contributed by atoms with Crippen molar-refractivity contribution in [1.82, 2.24) is 0 Å². The SMILES string of the molecule is CC1(C(=O)OCCCS)CS1. The summed E-state index contributed by atoms with van der Waals surface area (Å²) in [6, 6.07) is 0. The number of ether oxygens (including phenoxy) is 1. The van der Waals surface area contributed by atoms with Crippen molar-refractivity contribution in [3.05, 3.63) is 0 Å². The van der Waals surface area contributed by atoms with Gasteiger partial charge in [0.15, 0.2) is 0 Å². The van der Waals surface area contributed by atoms with Crippen molar-refractivity contribution in [2.75, 3.05) is 18.1 Å². The van der Waals surface area contributed by atoms with Crippen LogP contribution < -0.4 is 0 Å². The first kappa shape index (κ1) is 9.26. The van der Waals surface area contributed by atoms with Crippen molar-refractivity contribution in [3.63, 3.8) is 0 Å². The van der Waals surface area contributed by atoms with E-state index in [0.29, 0.717) is 6.61 Å². The van der Waals surface area contributed by atoms with Gasteiger partial charge >= 0.3 is 5.97 Å². The minimum absolute atomic E-state index is 0.0655. The fourth-order valence-electron chi connectivity index (χ4n) is 0.608. The number of carbonyl (C=O) groups is 1. The van der Waals surface area contributed by atoms with E-state index in [1.165, 1.54) is 0 Å². The van der Waals surface area contributed by atoms with Crippen LogP contribution in [0.25, 0.3) is 0 Å². The predicted octanol–water partition coefficient (Wildman–Crippen LogP) is 1.35. The van der Waals surface area contributed by atoms with Gasteiger partial charge in [0.2, 0.25) is 0 Å². The smallest absolute Gasteiger partial charge is 0.322 e.